The molecule has 1 aromatic rings. The number of nitrogens with zero attached hydrogens (tertiary/aromatic N) is 1. The molecule has 1 aromatic carbocycles. The number of hydrogen-bond acceptors (Lipinski definition) is 2. The molecule has 0 radical (unpaired) electrons. The molecule has 2 nitrogen and oxygen atoms in total. The van der Waals surface area contributed by atoms with Gasteiger partial charge in [-0.15, -0.1) is 0 Å². The van der Waals surface area contributed by atoms with Gasteiger partial charge in [0.25, 0.3) is 0 Å². The van der Waals surface area contributed by atoms with Gasteiger partial charge in [0, 0.05) is 32.0 Å². The maximum atomic E-state index is 3.70. The minimum Gasteiger partial charge on any atom is -0.380 e. The standard InChI is InChI=1S/C15H21Br3N2/c1-10(2)20-6-3-4-12(5-7-20)19-15-13(17)8-11(16)9-14(15)18/h8-10,12,19H,3-7H2,1-2H3. The highest BCUT2D eigenvalue weighted by Crippen LogP contribution is 2.35. The molecule has 0 aliphatic carbocycles. The van der Waals surface area contributed by atoms with Gasteiger partial charge in [0.1, 0.15) is 0 Å². The lowest BCUT2D eigenvalue weighted by Gasteiger charge is -2.24. The lowest BCUT2D eigenvalue weighted by Crippen LogP contribution is -2.32. The Morgan fingerprint density at radius 2 is 1.75 bits per heavy atom. The number of benzene rings is 1. The smallest absolute Gasteiger partial charge is 0.0631 e. The molecule has 5 heteroatoms. The summed E-state index contributed by atoms with van der Waals surface area (Å²) < 4.78 is 3.28. The zero-order chi connectivity index (χ0) is 14.7. The number of nitrogens with one attached hydrogen (secondary N) is 1. The number of likely N-dealkylation sites (tertiary alicyclic amines) is 1. The normalized spacial score (nSPS) is 21.0. The topological polar surface area (TPSA) is 15.3 Å². The van der Waals surface area contributed by atoms with Crippen molar-refractivity contribution in [1.82, 2.24) is 4.90 Å². The van der Waals surface area contributed by atoms with Gasteiger partial charge in [-0.1, -0.05) is 15.9 Å². The van der Waals surface area contributed by atoms with Crippen LogP contribution in [0.5, 0.6) is 0 Å². The lowest BCUT2D eigenvalue weighted by atomic mass is 10.1. The molecular weight excluding hydrogens is 448 g/mol. The highest BCUT2D eigenvalue weighted by Gasteiger charge is 2.20. The Balaban J connectivity index is 2.04. The van der Waals surface area contributed by atoms with Gasteiger partial charge in [-0.2, -0.15) is 0 Å². The van der Waals surface area contributed by atoms with Gasteiger partial charge in [0.2, 0.25) is 0 Å². The number of halogens is 3. The monoisotopic (exact) mass is 466 g/mol. The number of anilines is 1. The number of rotatable bonds is 3. The van der Waals surface area contributed by atoms with E-state index in [1.165, 1.54) is 32.4 Å². The van der Waals surface area contributed by atoms with Crippen LogP contribution in [0.15, 0.2) is 25.6 Å². The predicted molar refractivity (Wildman–Crippen MR) is 97.5 cm³/mol. The van der Waals surface area contributed by atoms with Crippen LogP contribution in [0, 0.1) is 0 Å². The first-order valence-electron chi connectivity index (χ1n) is 7.12. The van der Waals surface area contributed by atoms with Gasteiger partial charge in [-0.05, 0) is 83.6 Å². The molecule has 20 heavy (non-hydrogen) atoms. The maximum absolute atomic E-state index is 3.70. The molecule has 112 valence electrons. The second kappa shape index (κ2) is 7.61. The van der Waals surface area contributed by atoms with E-state index in [9.17, 15) is 0 Å². The molecule has 1 fully saturated rings. The summed E-state index contributed by atoms with van der Waals surface area (Å²) in [6.45, 7) is 6.98. The molecule has 1 aliphatic rings. The van der Waals surface area contributed by atoms with Crippen LogP contribution in [0.4, 0.5) is 5.69 Å². The van der Waals surface area contributed by atoms with Crippen LogP contribution in [0.3, 0.4) is 0 Å². The molecule has 1 unspecified atom stereocenters. The average molecular weight is 469 g/mol. The molecule has 0 spiro atoms. The minimum atomic E-state index is 0.549. The summed E-state index contributed by atoms with van der Waals surface area (Å²) in [6, 6.07) is 5.38. The van der Waals surface area contributed by atoms with Gasteiger partial charge in [0.05, 0.1) is 5.69 Å². The highest BCUT2D eigenvalue weighted by atomic mass is 79.9. The average Bonchev–Trinajstić information content (AvgIpc) is 2.59. The first-order chi connectivity index (χ1) is 9.47. The number of hydrogen-bond donors (Lipinski definition) is 1. The van der Waals surface area contributed by atoms with Crippen LogP contribution in [-0.2, 0) is 0 Å². The summed E-state index contributed by atoms with van der Waals surface area (Å²) in [7, 11) is 0. The molecule has 1 heterocycles. The van der Waals surface area contributed by atoms with E-state index in [0.29, 0.717) is 12.1 Å². The first-order valence-corrected chi connectivity index (χ1v) is 9.50. The van der Waals surface area contributed by atoms with Crippen molar-refractivity contribution in [3.05, 3.63) is 25.6 Å². The SMILES string of the molecule is CC(C)N1CCCC(Nc2c(Br)cc(Br)cc2Br)CC1. The second-order valence-electron chi connectivity index (χ2n) is 5.65. The summed E-state index contributed by atoms with van der Waals surface area (Å²) >= 11 is 10.8. The van der Waals surface area contributed by atoms with Gasteiger partial charge in [-0.25, -0.2) is 0 Å². The van der Waals surface area contributed by atoms with Crippen LogP contribution < -0.4 is 5.32 Å². The van der Waals surface area contributed by atoms with Crippen molar-refractivity contribution >= 4 is 53.5 Å². The maximum Gasteiger partial charge on any atom is 0.0631 e. The summed E-state index contributed by atoms with van der Waals surface area (Å²) in [5.41, 5.74) is 1.16. The summed E-state index contributed by atoms with van der Waals surface area (Å²) in [5, 5.41) is 3.70. The highest BCUT2D eigenvalue weighted by molar-refractivity contribution is 9.11. The quantitative estimate of drug-likeness (QED) is 0.616. The zero-order valence-corrected chi connectivity index (χ0v) is 16.7. The van der Waals surface area contributed by atoms with E-state index in [2.05, 4.69) is 84.0 Å². The fraction of sp³-hybridized carbons (Fsp3) is 0.600. The van der Waals surface area contributed by atoms with Crippen LogP contribution >= 0.6 is 47.8 Å². The van der Waals surface area contributed by atoms with E-state index in [-0.39, 0.29) is 0 Å². The van der Waals surface area contributed by atoms with Crippen LogP contribution in [0.1, 0.15) is 33.1 Å². The molecule has 1 N–H and O–H groups in total. The summed E-state index contributed by atoms with van der Waals surface area (Å²) in [6.07, 6.45) is 3.70. The zero-order valence-electron chi connectivity index (χ0n) is 11.9. The third-order valence-electron chi connectivity index (χ3n) is 3.85. The molecule has 0 amide bonds. The van der Waals surface area contributed by atoms with Gasteiger partial charge >= 0.3 is 0 Å². The second-order valence-corrected chi connectivity index (χ2v) is 8.27. The first kappa shape index (κ1) is 16.8. The largest absolute Gasteiger partial charge is 0.380 e. The Bertz CT molecular complexity index is 439. The van der Waals surface area contributed by atoms with Crippen molar-refractivity contribution in [2.75, 3.05) is 18.4 Å². The molecule has 1 saturated heterocycles. The van der Waals surface area contributed by atoms with E-state index in [4.69, 9.17) is 0 Å². The molecule has 1 aliphatic heterocycles. The van der Waals surface area contributed by atoms with Crippen molar-refractivity contribution < 1.29 is 0 Å². The van der Waals surface area contributed by atoms with Crippen molar-refractivity contribution in [2.45, 2.75) is 45.2 Å². The minimum absolute atomic E-state index is 0.549. The van der Waals surface area contributed by atoms with E-state index >= 15 is 0 Å². The molecule has 1 atom stereocenters. The Hall–Kier alpha value is 0.420. The summed E-state index contributed by atoms with van der Waals surface area (Å²) in [5.74, 6) is 0. The molecule has 0 bridgehead atoms. The van der Waals surface area contributed by atoms with Crippen LogP contribution in [0.25, 0.3) is 0 Å². The third kappa shape index (κ3) is 4.46. The van der Waals surface area contributed by atoms with Crippen molar-refractivity contribution in [1.29, 1.82) is 0 Å². The van der Waals surface area contributed by atoms with Crippen molar-refractivity contribution in [3.63, 3.8) is 0 Å². The Morgan fingerprint density at radius 3 is 2.35 bits per heavy atom. The van der Waals surface area contributed by atoms with Crippen LogP contribution in [-0.4, -0.2) is 30.1 Å². The van der Waals surface area contributed by atoms with Gasteiger partial charge < -0.3 is 10.2 Å². The predicted octanol–water partition coefficient (Wildman–Crippen LogP) is 5.65. The van der Waals surface area contributed by atoms with E-state index in [1.807, 2.05) is 0 Å². The molecule has 0 saturated carbocycles. The third-order valence-corrected chi connectivity index (χ3v) is 5.56. The molecule has 0 aromatic heterocycles. The van der Waals surface area contributed by atoms with E-state index in [0.717, 1.165) is 19.1 Å². The van der Waals surface area contributed by atoms with E-state index < -0.39 is 0 Å². The van der Waals surface area contributed by atoms with Gasteiger partial charge in [0.15, 0.2) is 0 Å². The van der Waals surface area contributed by atoms with Crippen molar-refractivity contribution in [3.8, 4) is 0 Å². The Kier molecular flexibility index (Phi) is 6.39. The van der Waals surface area contributed by atoms with E-state index in [1.54, 1.807) is 0 Å². The van der Waals surface area contributed by atoms with Crippen LogP contribution in [0.2, 0.25) is 0 Å². The molecular formula is C15H21Br3N2. The van der Waals surface area contributed by atoms with Gasteiger partial charge in [-0.3, -0.25) is 0 Å². The molecule has 2 rings (SSSR count). The van der Waals surface area contributed by atoms with Crippen molar-refractivity contribution in [2.24, 2.45) is 0 Å². The fourth-order valence-electron chi connectivity index (χ4n) is 2.66. The Labute approximate surface area is 147 Å². The summed E-state index contributed by atoms with van der Waals surface area (Å²) in [4.78, 5) is 2.58. The Morgan fingerprint density at radius 1 is 1.10 bits per heavy atom. The lowest BCUT2D eigenvalue weighted by molar-refractivity contribution is 0.230. The fourth-order valence-corrected chi connectivity index (χ4v) is 5.15.